The van der Waals surface area contributed by atoms with Crippen molar-refractivity contribution < 1.29 is 13.2 Å². The zero-order valence-electron chi connectivity index (χ0n) is 14.8. The minimum Gasteiger partial charge on any atom is -0.342 e. The van der Waals surface area contributed by atoms with Gasteiger partial charge in [0.1, 0.15) is 0 Å². The van der Waals surface area contributed by atoms with Gasteiger partial charge in [0.05, 0.1) is 11.5 Å². The lowest BCUT2D eigenvalue weighted by molar-refractivity contribution is -0.132. The molecular weight excluding hydrogens is 322 g/mol. The van der Waals surface area contributed by atoms with Crippen molar-refractivity contribution >= 4 is 15.7 Å². The minimum atomic E-state index is -2.96. The van der Waals surface area contributed by atoms with Crippen molar-refractivity contribution in [1.29, 1.82) is 0 Å². The van der Waals surface area contributed by atoms with Crippen LogP contribution >= 0.6 is 0 Å². The molecule has 2 aliphatic rings. The summed E-state index contributed by atoms with van der Waals surface area (Å²) in [6.45, 7) is 4.21. The fourth-order valence-electron chi connectivity index (χ4n) is 3.67. The molecule has 0 spiro atoms. The maximum absolute atomic E-state index is 12.7. The first-order valence-corrected chi connectivity index (χ1v) is 10.6. The van der Waals surface area contributed by atoms with E-state index in [1.165, 1.54) is 29.5 Å². The lowest BCUT2D eigenvalue weighted by atomic mass is 9.88. The van der Waals surface area contributed by atoms with Crippen molar-refractivity contribution in [3.8, 4) is 0 Å². The molecule has 4 nitrogen and oxygen atoms in total. The van der Waals surface area contributed by atoms with Crippen molar-refractivity contribution in [2.45, 2.75) is 51.5 Å². The van der Waals surface area contributed by atoms with E-state index in [1.807, 2.05) is 0 Å². The minimum absolute atomic E-state index is 0.0761. The molecule has 1 aromatic carbocycles. The molecule has 1 amide bonds. The highest BCUT2D eigenvalue weighted by Crippen LogP contribution is 2.45. The summed E-state index contributed by atoms with van der Waals surface area (Å²) in [5.41, 5.74) is 3.79. The summed E-state index contributed by atoms with van der Waals surface area (Å²) < 4.78 is 23.3. The van der Waals surface area contributed by atoms with Crippen LogP contribution in [0.3, 0.4) is 0 Å². The van der Waals surface area contributed by atoms with Crippen LogP contribution in [-0.4, -0.2) is 43.8 Å². The Balaban J connectivity index is 1.71. The lowest BCUT2D eigenvalue weighted by Crippen LogP contribution is -2.38. The number of carbonyl (C=O) groups excluding carboxylic acids is 1. The summed E-state index contributed by atoms with van der Waals surface area (Å²) in [5.74, 6) is 1.26. The molecule has 2 unspecified atom stereocenters. The molecule has 2 fully saturated rings. The molecule has 0 N–H and O–H groups in total. The summed E-state index contributed by atoms with van der Waals surface area (Å²) in [5, 5.41) is 0. The van der Waals surface area contributed by atoms with Crippen molar-refractivity contribution in [1.82, 2.24) is 4.90 Å². The average Bonchev–Trinajstić information content (AvgIpc) is 3.30. The molecule has 5 heteroatoms. The van der Waals surface area contributed by atoms with Crippen molar-refractivity contribution in [3.05, 3.63) is 34.9 Å². The molecule has 24 heavy (non-hydrogen) atoms. The number of hydrogen-bond donors (Lipinski definition) is 0. The molecule has 1 aromatic rings. The van der Waals surface area contributed by atoms with E-state index in [-0.39, 0.29) is 29.4 Å². The van der Waals surface area contributed by atoms with Crippen molar-refractivity contribution in [2.24, 2.45) is 5.92 Å². The number of aryl methyl sites for hydroxylation is 2. The second-order valence-corrected chi connectivity index (χ2v) is 9.78. The van der Waals surface area contributed by atoms with E-state index in [0.29, 0.717) is 18.8 Å². The standard InChI is InChI=1S/C19H27NO3S/c1-13-4-5-16(10-14(13)2)18(15-6-7-15)11-19(21)20(3)17-8-9-24(22,23)12-17/h4-5,10,15,17-18H,6-9,11-12H2,1-3H3. The van der Waals surface area contributed by atoms with Gasteiger partial charge in [-0.1, -0.05) is 18.2 Å². The van der Waals surface area contributed by atoms with Gasteiger partial charge in [0.15, 0.2) is 9.84 Å². The molecule has 2 atom stereocenters. The molecule has 0 bridgehead atoms. The van der Waals surface area contributed by atoms with Crippen LogP contribution in [0.1, 0.15) is 48.3 Å². The van der Waals surface area contributed by atoms with Gasteiger partial charge in [-0.25, -0.2) is 8.42 Å². The highest BCUT2D eigenvalue weighted by Gasteiger charge is 2.37. The predicted molar refractivity (Wildman–Crippen MR) is 95.8 cm³/mol. The van der Waals surface area contributed by atoms with E-state index in [1.54, 1.807) is 11.9 Å². The molecule has 0 aromatic heterocycles. The van der Waals surface area contributed by atoms with E-state index >= 15 is 0 Å². The van der Waals surface area contributed by atoms with Gasteiger partial charge >= 0.3 is 0 Å². The summed E-state index contributed by atoms with van der Waals surface area (Å²) in [7, 11) is -1.20. The van der Waals surface area contributed by atoms with E-state index in [2.05, 4.69) is 32.0 Å². The second-order valence-electron chi connectivity index (χ2n) is 7.55. The van der Waals surface area contributed by atoms with Gasteiger partial charge in [-0.2, -0.15) is 0 Å². The lowest BCUT2D eigenvalue weighted by Gasteiger charge is -2.26. The Morgan fingerprint density at radius 1 is 1.21 bits per heavy atom. The predicted octanol–water partition coefficient (Wildman–Crippen LogP) is 2.83. The topological polar surface area (TPSA) is 54.5 Å². The fraction of sp³-hybridized carbons (Fsp3) is 0.632. The number of hydrogen-bond acceptors (Lipinski definition) is 3. The first-order chi connectivity index (χ1) is 11.3. The molecule has 1 saturated carbocycles. The maximum Gasteiger partial charge on any atom is 0.223 e. The molecule has 0 radical (unpaired) electrons. The zero-order chi connectivity index (χ0) is 17.5. The maximum atomic E-state index is 12.7. The van der Waals surface area contributed by atoms with E-state index in [9.17, 15) is 13.2 Å². The first-order valence-electron chi connectivity index (χ1n) is 8.80. The van der Waals surface area contributed by atoms with E-state index < -0.39 is 9.84 Å². The van der Waals surface area contributed by atoms with Crippen LogP contribution in [0.25, 0.3) is 0 Å². The number of carbonyl (C=O) groups is 1. The monoisotopic (exact) mass is 349 g/mol. The van der Waals surface area contributed by atoms with Gasteiger partial charge in [-0.05, 0) is 61.6 Å². The van der Waals surface area contributed by atoms with Crippen LogP contribution in [0.2, 0.25) is 0 Å². The number of benzene rings is 1. The van der Waals surface area contributed by atoms with Gasteiger partial charge < -0.3 is 4.90 Å². The van der Waals surface area contributed by atoms with Crippen molar-refractivity contribution in [3.63, 3.8) is 0 Å². The summed E-state index contributed by atoms with van der Waals surface area (Å²) in [4.78, 5) is 14.4. The molecule has 1 aliphatic heterocycles. The van der Waals surface area contributed by atoms with Crippen molar-refractivity contribution in [2.75, 3.05) is 18.6 Å². The molecular formula is C19H27NO3S. The SMILES string of the molecule is Cc1ccc(C(CC(=O)N(C)C2CCS(=O)(=O)C2)C2CC2)cc1C. The highest BCUT2D eigenvalue weighted by atomic mass is 32.2. The van der Waals surface area contributed by atoms with Gasteiger partial charge in [0.25, 0.3) is 0 Å². The van der Waals surface area contributed by atoms with Gasteiger partial charge in [0.2, 0.25) is 5.91 Å². The smallest absolute Gasteiger partial charge is 0.223 e. The number of rotatable bonds is 5. The van der Waals surface area contributed by atoms with Crippen LogP contribution in [0.5, 0.6) is 0 Å². The highest BCUT2D eigenvalue weighted by molar-refractivity contribution is 7.91. The molecule has 1 heterocycles. The Labute approximate surface area is 145 Å². The summed E-state index contributed by atoms with van der Waals surface area (Å²) >= 11 is 0. The third-order valence-electron chi connectivity index (χ3n) is 5.69. The Bertz CT molecular complexity index is 737. The van der Waals surface area contributed by atoms with E-state index in [4.69, 9.17) is 0 Å². The van der Waals surface area contributed by atoms with Crippen LogP contribution in [-0.2, 0) is 14.6 Å². The molecule has 3 rings (SSSR count). The zero-order valence-corrected chi connectivity index (χ0v) is 15.6. The first kappa shape index (κ1) is 17.5. The molecule has 1 aliphatic carbocycles. The Hall–Kier alpha value is -1.36. The summed E-state index contributed by atoms with van der Waals surface area (Å²) in [6.07, 6.45) is 3.43. The largest absolute Gasteiger partial charge is 0.342 e. The normalized spacial score (nSPS) is 23.9. The van der Waals surface area contributed by atoms with Crippen LogP contribution in [0.4, 0.5) is 0 Å². The van der Waals surface area contributed by atoms with Crippen LogP contribution < -0.4 is 0 Å². The molecule has 132 valence electrons. The third kappa shape index (κ3) is 3.82. The van der Waals surface area contributed by atoms with Gasteiger partial charge in [-0.15, -0.1) is 0 Å². The quantitative estimate of drug-likeness (QED) is 0.821. The second kappa shape index (κ2) is 6.51. The third-order valence-corrected chi connectivity index (χ3v) is 7.44. The average molecular weight is 349 g/mol. The Kier molecular flexibility index (Phi) is 4.73. The summed E-state index contributed by atoms with van der Waals surface area (Å²) in [6, 6.07) is 6.35. The van der Waals surface area contributed by atoms with Gasteiger partial charge in [-0.3, -0.25) is 4.79 Å². The van der Waals surface area contributed by atoms with E-state index in [0.717, 1.165) is 0 Å². The molecule has 1 saturated heterocycles. The number of sulfone groups is 1. The number of amides is 1. The Morgan fingerprint density at radius 2 is 1.92 bits per heavy atom. The fourth-order valence-corrected chi connectivity index (χ4v) is 5.44. The Morgan fingerprint density at radius 3 is 2.46 bits per heavy atom. The van der Waals surface area contributed by atoms with Gasteiger partial charge in [0, 0.05) is 19.5 Å². The van der Waals surface area contributed by atoms with Crippen LogP contribution in [0.15, 0.2) is 18.2 Å². The van der Waals surface area contributed by atoms with Crippen LogP contribution in [0, 0.1) is 19.8 Å². The number of nitrogens with zero attached hydrogens (tertiary/aromatic N) is 1.